The molecule has 1 N–H and O–H groups in total. The van der Waals surface area contributed by atoms with Gasteiger partial charge >= 0.3 is 6.18 Å². The Labute approximate surface area is 175 Å². The second kappa shape index (κ2) is 9.37. The second-order valence-corrected chi connectivity index (χ2v) is 8.48. The maximum Gasteiger partial charge on any atom is 0.391 e. The van der Waals surface area contributed by atoms with Gasteiger partial charge in [0, 0.05) is 31.1 Å². The first-order valence-corrected chi connectivity index (χ1v) is 10.5. The van der Waals surface area contributed by atoms with Crippen molar-refractivity contribution in [3.63, 3.8) is 0 Å². The van der Waals surface area contributed by atoms with Crippen molar-refractivity contribution in [3.05, 3.63) is 35.4 Å². The molecule has 1 aromatic rings. The average molecular weight is 426 g/mol. The maximum absolute atomic E-state index is 12.9. The normalized spacial score (nSPS) is 27.6. The van der Waals surface area contributed by atoms with Crippen LogP contribution < -0.4 is 5.32 Å². The predicted octanol–water partition coefficient (Wildman–Crippen LogP) is 3.92. The Kier molecular flexibility index (Phi) is 7.06. The van der Waals surface area contributed by atoms with Gasteiger partial charge in [-0.3, -0.25) is 9.59 Å². The van der Waals surface area contributed by atoms with Crippen LogP contribution in [0, 0.1) is 11.8 Å². The Morgan fingerprint density at radius 3 is 2.33 bits per heavy atom. The van der Waals surface area contributed by atoms with Crippen molar-refractivity contribution in [2.45, 2.75) is 64.5 Å². The Morgan fingerprint density at radius 2 is 1.73 bits per heavy atom. The molecule has 1 aliphatic heterocycles. The summed E-state index contributed by atoms with van der Waals surface area (Å²) in [6, 6.07) is 6.96. The zero-order valence-corrected chi connectivity index (χ0v) is 17.4. The highest BCUT2D eigenvalue weighted by Gasteiger charge is 2.43. The van der Waals surface area contributed by atoms with Crippen molar-refractivity contribution in [2.24, 2.45) is 11.8 Å². The van der Waals surface area contributed by atoms with Gasteiger partial charge in [0.05, 0.1) is 18.1 Å². The molecule has 1 saturated carbocycles. The van der Waals surface area contributed by atoms with E-state index in [0.717, 1.165) is 5.56 Å². The molecule has 1 aromatic carbocycles. The minimum absolute atomic E-state index is 0.0103. The first-order chi connectivity index (χ1) is 14.1. The van der Waals surface area contributed by atoms with Crippen LogP contribution in [0.15, 0.2) is 24.3 Å². The van der Waals surface area contributed by atoms with Crippen molar-refractivity contribution in [1.29, 1.82) is 0 Å². The van der Waals surface area contributed by atoms with E-state index in [0.29, 0.717) is 31.5 Å². The highest BCUT2D eigenvalue weighted by molar-refractivity contribution is 5.94. The van der Waals surface area contributed by atoms with Gasteiger partial charge < -0.3 is 15.0 Å². The number of ether oxygens (including phenoxy) is 1. The van der Waals surface area contributed by atoms with Gasteiger partial charge in [-0.2, -0.15) is 13.2 Å². The molecule has 2 fully saturated rings. The number of nitrogens with zero attached hydrogens (tertiary/aromatic N) is 1. The van der Waals surface area contributed by atoms with Gasteiger partial charge in [0.15, 0.2) is 0 Å². The summed E-state index contributed by atoms with van der Waals surface area (Å²) in [5, 5.41) is 2.75. The maximum atomic E-state index is 12.9. The molecule has 5 nitrogen and oxygen atoms in total. The average Bonchev–Trinajstić information content (AvgIpc) is 2.70. The number of amides is 2. The van der Waals surface area contributed by atoms with Crippen molar-refractivity contribution in [2.75, 3.05) is 13.1 Å². The molecule has 0 aromatic heterocycles. The monoisotopic (exact) mass is 426 g/mol. The lowest BCUT2D eigenvalue weighted by molar-refractivity contribution is -0.186. The van der Waals surface area contributed by atoms with Gasteiger partial charge in [0.1, 0.15) is 0 Å². The minimum Gasteiger partial charge on any atom is -0.372 e. The molecule has 1 aliphatic carbocycles. The van der Waals surface area contributed by atoms with Gasteiger partial charge in [-0.25, -0.2) is 0 Å². The van der Waals surface area contributed by atoms with E-state index in [1.807, 2.05) is 13.8 Å². The SMILES string of the molecule is CC1CN(C(=O)c2ccc(CNC(=O)C3CCCC(C(F)(F)F)C3)cc2)CC(C)O1. The Bertz CT molecular complexity index is 741. The quantitative estimate of drug-likeness (QED) is 0.794. The summed E-state index contributed by atoms with van der Waals surface area (Å²) >= 11 is 0. The number of hydrogen-bond donors (Lipinski definition) is 1. The van der Waals surface area contributed by atoms with E-state index < -0.39 is 18.0 Å². The number of morpholine rings is 1. The Balaban J connectivity index is 1.52. The highest BCUT2D eigenvalue weighted by atomic mass is 19.4. The van der Waals surface area contributed by atoms with Crippen LogP contribution >= 0.6 is 0 Å². The Morgan fingerprint density at radius 1 is 1.10 bits per heavy atom. The summed E-state index contributed by atoms with van der Waals surface area (Å²) in [5.41, 5.74) is 1.36. The summed E-state index contributed by atoms with van der Waals surface area (Å²) < 4.78 is 44.5. The fraction of sp³-hybridized carbons (Fsp3) is 0.636. The lowest BCUT2D eigenvalue weighted by Crippen LogP contribution is -2.48. The number of carbonyl (C=O) groups is 2. The number of carbonyl (C=O) groups excluding carboxylic acids is 2. The smallest absolute Gasteiger partial charge is 0.372 e. The second-order valence-electron chi connectivity index (χ2n) is 8.48. The molecule has 0 radical (unpaired) electrons. The molecule has 1 heterocycles. The van der Waals surface area contributed by atoms with Gasteiger partial charge in [-0.15, -0.1) is 0 Å². The van der Waals surface area contributed by atoms with E-state index in [1.54, 1.807) is 29.2 Å². The van der Waals surface area contributed by atoms with Gasteiger partial charge in [0.25, 0.3) is 5.91 Å². The van der Waals surface area contributed by atoms with E-state index in [-0.39, 0.29) is 43.4 Å². The predicted molar refractivity (Wildman–Crippen MR) is 106 cm³/mol. The molecule has 0 bridgehead atoms. The minimum atomic E-state index is -4.24. The summed E-state index contributed by atoms with van der Waals surface area (Å²) in [5.74, 6) is -2.39. The fourth-order valence-electron chi connectivity index (χ4n) is 4.35. The van der Waals surface area contributed by atoms with E-state index in [9.17, 15) is 22.8 Å². The van der Waals surface area contributed by atoms with Gasteiger partial charge in [-0.1, -0.05) is 18.6 Å². The van der Waals surface area contributed by atoms with E-state index >= 15 is 0 Å². The molecule has 2 amide bonds. The molecular weight excluding hydrogens is 397 g/mol. The summed E-state index contributed by atoms with van der Waals surface area (Å²) in [6.45, 7) is 5.19. The third kappa shape index (κ3) is 5.74. The lowest BCUT2D eigenvalue weighted by Gasteiger charge is -2.35. The highest BCUT2D eigenvalue weighted by Crippen LogP contribution is 2.39. The molecule has 8 heteroatoms. The lowest BCUT2D eigenvalue weighted by atomic mass is 9.80. The van der Waals surface area contributed by atoms with Crippen molar-refractivity contribution in [1.82, 2.24) is 10.2 Å². The number of benzene rings is 1. The van der Waals surface area contributed by atoms with Gasteiger partial charge in [0.2, 0.25) is 5.91 Å². The molecule has 30 heavy (non-hydrogen) atoms. The van der Waals surface area contributed by atoms with Gasteiger partial charge in [-0.05, 0) is 50.8 Å². The molecular formula is C22H29F3N2O3. The molecule has 2 aliphatic rings. The number of hydrogen-bond acceptors (Lipinski definition) is 3. The largest absolute Gasteiger partial charge is 0.391 e. The molecule has 4 unspecified atom stereocenters. The summed E-state index contributed by atoms with van der Waals surface area (Å²) in [7, 11) is 0. The molecule has 4 atom stereocenters. The zero-order chi connectivity index (χ0) is 21.9. The van der Waals surface area contributed by atoms with Crippen molar-refractivity contribution < 1.29 is 27.5 Å². The number of alkyl halides is 3. The van der Waals surface area contributed by atoms with Crippen LogP contribution in [0.5, 0.6) is 0 Å². The topological polar surface area (TPSA) is 58.6 Å². The van der Waals surface area contributed by atoms with E-state index in [2.05, 4.69) is 5.32 Å². The van der Waals surface area contributed by atoms with Crippen molar-refractivity contribution >= 4 is 11.8 Å². The summed E-state index contributed by atoms with van der Waals surface area (Å²) in [6.07, 6.45) is -3.40. The summed E-state index contributed by atoms with van der Waals surface area (Å²) in [4.78, 5) is 26.8. The standard InChI is InChI=1S/C22H29F3N2O3/c1-14-12-27(13-15(2)30-14)21(29)17-8-6-16(7-9-17)11-26-20(28)18-4-3-5-19(10-18)22(23,24)25/h6-9,14-15,18-19H,3-5,10-13H2,1-2H3,(H,26,28). The first kappa shape index (κ1) is 22.6. The molecule has 0 spiro atoms. The zero-order valence-electron chi connectivity index (χ0n) is 17.4. The first-order valence-electron chi connectivity index (χ1n) is 10.5. The van der Waals surface area contributed by atoms with Crippen LogP contribution in [-0.2, 0) is 16.1 Å². The van der Waals surface area contributed by atoms with E-state index in [1.165, 1.54) is 0 Å². The van der Waals surface area contributed by atoms with Crippen LogP contribution in [0.1, 0.15) is 55.5 Å². The molecule has 3 rings (SSSR count). The van der Waals surface area contributed by atoms with Crippen LogP contribution in [0.3, 0.4) is 0 Å². The molecule has 166 valence electrons. The third-order valence-corrected chi connectivity index (χ3v) is 5.88. The Hall–Kier alpha value is -2.09. The fourth-order valence-corrected chi connectivity index (χ4v) is 4.35. The van der Waals surface area contributed by atoms with E-state index in [4.69, 9.17) is 4.74 Å². The number of rotatable bonds is 4. The van der Waals surface area contributed by atoms with Crippen molar-refractivity contribution in [3.8, 4) is 0 Å². The van der Waals surface area contributed by atoms with Crippen LogP contribution in [0.2, 0.25) is 0 Å². The van der Waals surface area contributed by atoms with Crippen LogP contribution in [0.25, 0.3) is 0 Å². The number of halogens is 3. The van der Waals surface area contributed by atoms with Crippen LogP contribution in [0.4, 0.5) is 13.2 Å². The number of nitrogens with one attached hydrogen (secondary N) is 1. The third-order valence-electron chi connectivity index (χ3n) is 5.88. The van der Waals surface area contributed by atoms with Crippen LogP contribution in [-0.4, -0.2) is 48.2 Å². The molecule has 1 saturated heterocycles.